The molecule has 1 heterocycles. The van der Waals surface area contributed by atoms with E-state index in [1.165, 1.54) is 16.2 Å². The number of carboxylic acids is 1. The molecule has 1 aromatic carbocycles. The van der Waals surface area contributed by atoms with Crippen LogP contribution in [0.5, 0.6) is 0 Å². The summed E-state index contributed by atoms with van der Waals surface area (Å²) in [7, 11) is 1.63. The number of rotatable bonds is 5. The number of fused-ring (bicyclic) bond motifs is 1. The van der Waals surface area contributed by atoms with Crippen LogP contribution in [0, 0.1) is 6.92 Å². The highest BCUT2D eigenvalue weighted by Crippen LogP contribution is 2.26. The van der Waals surface area contributed by atoms with E-state index in [-0.39, 0.29) is 12.5 Å². The van der Waals surface area contributed by atoms with E-state index >= 15 is 0 Å². The molecule has 0 bridgehead atoms. The van der Waals surface area contributed by atoms with Gasteiger partial charge >= 0.3 is 12.0 Å². The minimum absolute atomic E-state index is 0.0536. The Labute approximate surface area is 126 Å². The molecule has 112 valence electrons. The first-order valence-electron chi connectivity index (χ1n) is 6.57. The first kappa shape index (κ1) is 15.2. The number of nitrogens with zero attached hydrogens (tertiary/aromatic N) is 2. The molecule has 0 aliphatic carbocycles. The second-order valence-electron chi connectivity index (χ2n) is 4.84. The van der Waals surface area contributed by atoms with Crippen LogP contribution in [0.1, 0.15) is 18.4 Å². The van der Waals surface area contributed by atoms with Crippen LogP contribution < -0.4 is 5.32 Å². The number of aliphatic carboxylic acids is 1. The van der Waals surface area contributed by atoms with Gasteiger partial charge in [-0.3, -0.25) is 10.1 Å². The van der Waals surface area contributed by atoms with Crippen LogP contribution in [-0.2, 0) is 4.79 Å². The van der Waals surface area contributed by atoms with E-state index in [0.29, 0.717) is 18.1 Å². The lowest BCUT2D eigenvalue weighted by molar-refractivity contribution is -0.137. The molecule has 0 unspecified atom stereocenters. The molecule has 1 aromatic heterocycles. The van der Waals surface area contributed by atoms with Crippen molar-refractivity contribution in [3.8, 4) is 0 Å². The van der Waals surface area contributed by atoms with Gasteiger partial charge in [0.25, 0.3) is 0 Å². The van der Waals surface area contributed by atoms with Gasteiger partial charge in [0.15, 0.2) is 5.13 Å². The number of aryl methyl sites for hydroxylation is 1. The van der Waals surface area contributed by atoms with Crippen molar-refractivity contribution >= 4 is 38.7 Å². The molecule has 7 heteroatoms. The first-order chi connectivity index (χ1) is 9.95. The standard InChI is InChI=1S/C14H17N3O3S/c1-9-5-6-10-11(8-9)21-13(15-10)16-14(20)17(2)7-3-4-12(18)19/h5-6,8H,3-4,7H2,1-2H3,(H,18,19)(H,15,16,20). The smallest absolute Gasteiger partial charge is 0.323 e. The topological polar surface area (TPSA) is 82.5 Å². The van der Waals surface area contributed by atoms with E-state index in [4.69, 9.17) is 5.11 Å². The Kier molecular flexibility index (Phi) is 4.74. The van der Waals surface area contributed by atoms with Crippen LogP contribution in [-0.4, -0.2) is 40.6 Å². The maximum Gasteiger partial charge on any atom is 0.323 e. The molecular formula is C14H17N3O3S. The molecule has 0 aliphatic rings. The Balaban J connectivity index is 1.95. The zero-order chi connectivity index (χ0) is 15.4. The number of carboxylic acid groups (broad SMARTS) is 1. The average molecular weight is 307 g/mol. The summed E-state index contributed by atoms with van der Waals surface area (Å²) in [6.45, 7) is 2.40. The SMILES string of the molecule is Cc1ccc2nc(NC(=O)N(C)CCCC(=O)O)sc2c1. The summed E-state index contributed by atoms with van der Waals surface area (Å²) in [5, 5.41) is 11.9. The number of nitrogens with one attached hydrogen (secondary N) is 1. The minimum Gasteiger partial charge on any atom is -0.481 e. The fourth-order valence-electron chi connectivity index (χ4n) is 1.84. The van der Waals surface area contributed by atoms with Crippen molar-refractivity contribution in [3.63, 3.8) is 0 Å². The third kappa shape index (κ3) is 4.16. The van der Waals surface area contributed by atoms with Crippen LogP contribution in [0.25, 0.3) is 10.2 Å². The van der Waals surface area contributed by atoms with Gasteiger partial charge in [-0.15, -0.1) is 0 Å². The second kappa shape index (κ2) is 6.53. The monoisotopic (exact) mass is 307 g/mol. The Morgan fingerprint density at radius 2 is 2.19 bits per heavy atom. The lowest BCUT2D eigenvalue weighted by Crippen LogP contribution is -2.32. The van der Waals surface area contributed by atoms with Crippen molar-refractivity contribution in [2.45, 2.75) is 19.8 Å². The number of hydrogen-bond donors (Lipinski definition) is 2. The number of urea groups is 1. The summed E-state index contributed by atoms with van der Waals surface area (Å²) in [4.78, 5) is 28.2. The summed E-state index contributed by atoms with van der Waals surface area (Å²) >= 11 is 1.42. The molecule has 21 heavy (non-hydrogen) atoms. The van der Waals surface area contributed by atoms with Gasteiger partial charge in [-0.25, -0.2) is 9.78 Å². The van der Waals surface area contributed by atoms with E-state index in [1.807, 2.05) is 25.1 Å². The van der Waals surface area contributed by atoms with Crippen LogP contribution in [0.2, 0.25) is 0 Å². The summed E-state index contributed by atoms with van der Waals surface area (Å²) in [5.74, 6) is -0.856. The highest BCUT2D eigenvalue weighted by atomic mass is 32.1. The summed E-state index contributed by atoms with van der Waals surface area (Å²) in [6, 6.07) is 5.65. The lowest BCUT2D eigenvalue weighted by Gasteiger charge is -2.16. The fraction of sp³-hybridized carbons (Fsp3) is 0.357. The number of thiazole rings is 1. The van der Waals surface area contributed by atoms with Gasteiger partial charge in [-0.2, -0.15) is 0 Å². The number of carbonyl (C=O) groups is 2. The van der Waals surface area contributed by atoms with E-state index in [0.717, 1.165) is 15.8 Å². The molecule has 2 amide bonds. The largest absolute Gasteiger partial charge is 0.481 e. The lowest BCUT2D eigenvalue weighted by atomic mass is 10.2. The number of amides is 2. The molecule has 0 atom stereocenters. The van der Waals surface area contributed by atoms with Gasteiger partial charge < -0.3 is 10.0 Å². The van der Waals surface area contributed by atoms with E-state index < -0.39 is 5.97 Å². The maximum atomic E-state index is 12.0. The van der Waals surface area contributed by atoms with Gasteiger partial charge in [0.1, 0.15) is 0 Å². The van der Waals surface area contributed by atoms with Crippen molar-refractivity contribution in [2.75, 3.05) is 18.9 Å². The third-order valence-corrected chi connectivity index (χ3v) is 3.92. The Morgan fingerprint density at radius 3 is 2.90 bits per heavy atom. The molecule has 2 aromatic rings. The zero-order valence-electron chi connectivity index (χ0n) is 11.9. The third-order valence-electron chi connectivity index (χ3n) is 2.99. The molecule has 0 saturated carbocycles. The van der Waals surface area contributed by atoms with Gasteiger partial charge in [0.05, 0.1) is 10.2 Å². The predicted octanol–water partition coefficient (Wildman–Crippen LogP) is 2.93. The quantitative estimate of drug-likeness (QED) is 0.889. The number of anilines is 1. The van der Waals surface area contributed by atoms with Crippen LogP contribution in [0.4, 0.5) is 9.93 Å². The number of hydrogen-bond acceptors (Lipinski definition) is 4. The maximum absolute atomic E-state index is 12.0. The second-order valence-corrected chi connectivity index (χ2v) is 5.87. The van der Waals surface area contributed by atoms with E-state index in [9.17, 15) is 9.59 Å². The van der Waals surface area contributed by atoms with E-state index in [1.54, 1.807) is 7.05 Å². The first-order valence-corrected chi connectivity index (χ1v) is 7.38. The van der Waals surface area contributed by atoms with E-state index in [2.05, 4.69) is 10.3 Å². The highest BCUT2D eigenvalue weighted by Gasteiger charge is 2.12. The van der Waals surface area contributed by atoms with Gasteiger partial charge in [-0.1, -0.05) is 17.4 Å². The Bertz CT molecular complexity index is 669. The van der Waals surface area contributed by atoms with Crippen molar-refractivity contribution in [1.29, 1.82) is 0 Å². The Morgan fingerprint density at radius 1 is 1.43 bits per heavy atom. The summed E-state index contributed by atoms with van der Waals surface area (Å²) in [5.41, 5.74) is 2.00. The molecule has 0 saturated heterocycles. The molecule has 2 N–H and O–H groups in total. The van der Waals surface area contributed by atoms with Crippen molar-refractivity contribution < 1.29 is 14.7 Å². The van der Waals surface area contributed by atoms with Crippen molar-refractivity contribution in [2.24, 2.45) is 0 Å². The van der Waals surface area contributed by atoms with Crippen molar-refractivity contribution in [3.05, 3.63) is 23.8 Å². The Hall–Kier alpha value is -2.15. The number of aromatic nitrogens is 1. The molecule has 6 nitrogen and oxygen atoms in total. The predicted molar refractivity (Wildman–Crippen MR) is 82.9 cm³/mol. The molecule has 0 aliphatic heterocycles. The molecule has 0 fully saturated rings. The van der Waals surface area contributed by atoms with Gasteiger partial charge in [0.2, 0.25) is 0 Å². The molecule has 2 rings (SSSR count). The molecular weight excluding hydrogens is 290 g/mol. The summed E-state index contributed by atoms with van der Waals surface area (Å²) in [6.07, 6.45) is 0.482. The van der Waals surface area contributed by atoms with Gasteiger partial charge in [-0.05, 0) is 31.0 Å². The van der Waals surface area contributed by atoms with Crippen molar-refractivity contribution in [1.82, 2.24) is 9.88 Å². The van der Waals surface area contributed by atoms with Gasteiger partial charge in [0, 0.05) is 20.0 Å². The summed E-state index contributed by atoms with van der Waals surface area (Å²) < 4.78 is 1.03. The number of benzene rings is 1. The zero-order valence-corrected chi connectivity index (χ0v) is 12.7. The van der Waals surface area contributed by atoms with Crippen LogP contribution in [0.3, 0.4) is 0 Å². The molecule has 0 spiro atoms. The average Bonchev–Trinajstić information content (AvgIpc) is 2.79. The minimum atomic E-state index is -0.856. The normalized spacial score (nSPS) is 10.6. The van der Waals surface area contributed by atoms with Crippen LogP contribution in [0.15, 0.2) is 18.2 Å². The number of carbonyl (C=O) groups excluding carboxylic acids is 1. The highest BCUT2D eigenvalue weighted by molar-refractivity contribution is 7.22. The van der Waals surface area contributed by atoms with Crippen LogP contribution >= 0.6 is 11.3 Å². The fourth-order valence-corrected chi connectivity index (χ4v) is 2.79. The molecule has 0 radical (unpaired) electrons.